The quantitative estimate of drug-likeness (QED) is 0.621. The van der Waals surface area contributed by atoms with E-state index in [0.29, 0.717) is 18.6 Å². The Kier molecular flexibility index (Phi) is 5.53. The Morgan fingerprint density at radius 1 is 1.08 bits per heavy atom. The minimum absolute atomic E-state index is 0.150. The van der Waals surface area contributed by atoms with Crippen LogP contribution in [0, 0.1) is 0 Å². The Morgan fingerprint density at radius 2 is 1.81 bits per heavy atom. The molecule has 1 heterocycles. The van der Waals surface area contributed by atoms with Crippen molar-refractivity contribution in [1.29, 1.82) is 0 Å². The van der Waals surface area contributed by atoms with E-state index in [9.17, 15) is 13.2 Å². The fourth-order valence-corrected chi connectivity index (χ4v) is 4.67. The van der Waals surface area contributed by atoms with Crippen LogP contribution in [0.1, 0.15) is 18.4 Å². The number of thiocarbonyl (C=S) groups is 1. The third-order valence-corrected chi connectivity index (χ3v) is 6.26. The first-order valence-corrected chi connectivity index (χ1v) is 10.1. The van der Waals surface area contributed by atoms with Crippen LogP contribution in [0.2, 0.25) is 0 Å². The molecular weight excluding hydrogens is 370 g/mol. The molecule has 3 rings (SSSR count). The normalized spacial score (nSPS) is 14.1. The molecule has 0 aromatic heterocycles. The number of hydrogen-bond donors (Lipinski definition) is 2. The maximum Gasteiger partial charge on any atom is 0.264 e. The molecule has 2 N–H and O–H groups in total. The fraction of sp³-hybridized carbons (Fsp3) is 0.222. The van der Waals surface area contributed by atoms with Crippen LogP contribution in [-0.2, 0) is 21.2 Å². The van der Waals surface area contributed by atoms with E-state index in [4.69, 9.17) is 12.2 Å². The lowest BCUT2D eigenvalue weighted by molar-refractivity contribution is -0.108. The number of hydrogen-bond acceptors (Lipinski definition) is 4. The van der Waals surface area contributed by atoms with Gasteiger partial charge in [0.1, 0.15) is 0 Å². The van der Waals surface area contributed by atoms with Crippen molar-refractivity contribution in [2.75, 3.05) is 16.2 Å². The van der Waals surface area contributed by atoms with Crippen molar-refractivity contribution in [1.82, 2.24) is 5.32 Å². The van der Waals surface area contributed by atoms with Crippen LogP contribution < -0.4 is 14.9 Å². The number of para-hydroxylation sites is 1. The molecule has 0 atom stereocenters. The summed E-state index contributed by atoms with van der Waals surface area (Å²) >= 11 is 4.92. The van der Waals surface area contributed by atoms with Crippen LogP contribution >= 0.6 is 12.2 Å². The van der Waals surface area contributed by atoms with E-state index in [0.717, 1.165) is 30.5 Å². The Balaban J connectivity index is 1.88. The summed E-state index contributed by atoms with van der Waals surface area (Å²) in [5.41, 5.74) is 2.40. The van der Waals surface area contributed by atoms with Gasteiger partial charge in [0.05, 0.1) is 10.6 Å². The molecule has 2 aromatic rings. The van der Waals surface area contributed by atoms with E-state index in [1.165, 1.54) is 16.4 Å². The van der Waals surface area contributed by atoms with Crippen molar-refractivity contribution >= 4 is 45.1 Å². The zero-order valence-corrected chi connectivity index (χ0v) is 15.6. The predicted molar refractivity (Wildman–Crippen MR) is 106 cm³/mol. The van der Waals surface area contributed by atoms with Crippen LogP contribution in [0.3, 0.4) is 0 Å². The smallest absolute Gasteiger partial charge is 0.264 e. The maximum atomic E-state index is 13.2. The zero-order chi connectivity index (χ0) is 18.6. The number of anilines is 2. The Morgan fingerprint density at radius 3 is 2.54 bits per heavy atom. The third kappa shape index (κ3) is 3.86. The van der Waals surface area contributed by atoms with Gasteiger partial charge in [0.25, 0.3) is 10.0 Å². The Bertz CT molecular complexity index is 912. The van der Waals surface area contributed by atoms with Gasteiger partial charge in [0.15, 0.2) is 5.11 Å². The molecule has 0 spiro atoms. The van der Waals surface area contributed by atoms with Gasteiger partial charge < -0.3 is 10.6 Å². The Labute approximate surface area is 158 Å². The van der Waals surface area contributed by atoms with E-state index in [-0.39, 0.29) is 10.0 Å². The second kappa shape index (κ2) is 7.84. The lowest BCUT2D eigenvalue weighted by Crippen LogP contribution is -2.32. The molecule has 8 heteroatoms. The summed E-state index contributed by atoms with van der Waals surface area (Å²) in [6.07, 6.45) is 3.14. The number of nitrogens with one attached hydrogen (secondary N) is 2. The van der Waals surface area contributed by atoms with Crippen LogP contribution in [0.25, 0.3) is 0 Å². The number of nitrogens with zero attached hydrogens (tertiary/aromatic N) is 1. The van der Waals surface area contributed by atoms with Gasteiger partial charge in [-0.1, -0.05) is 18.2 Å². The molecule has 1 aliphatic heterocycles. The van der Waals surface area contributed by atoms with Gasteiger partial charge in [-0.05, 0) is 67.4 Å². The first kappa shape index (κ1) is 18.3. The van der Waals surface area contributed by atoms with Gasteiger partial charge >= 0.3 is 0 Å². The summed E-state index contributed by atoms with van der Waals surface area (Å²) in [4.78, 5) is 10.6. The largest absolute Gasteiger partial charge is 0.332 e. The topological polar surface area (TPSA) is 78.5 Å². The van der Waals surface area contributed by atoms with Crippen LogP contribution in [0.4, 0.5) is 11.4 Å². The SMILES string of the molecule is O=CNC(=S)Nc1ccc(S(=O)(=O)N2CCCCc3ccccc32)cc1. The second-order valence-corrected chi connectivity index (χ2v) is 8.17. The number of carbonyl (C=O) groups is 1. The monoisotopic (exact) mass is 389 g/mol. The van der Waals surface area contributed by atoms with E-state index in [1.807, 2.05) is 24.3 Å². The van der Waals surface area contributed by atoms with Crippen LogP contribution in [0.15, 0.2) is 53.4 Å². The van der Waals surface area contributed by atoms with Crippen molar-refractivity contribution in [2.24, 2.45) is 0 Å². The van der Waals surface area contributed by atoms with Gasteiger partial charge in [-0.2, -0.15) is 0 Å². The van der Waals surface area contributed by atoms with Crippen molar-refractivity contribution in [3.05, 3.63) is 54.1 Å². The zero-order valence-electron chi connectivity index (χ0n) is 14.0. The average Bonchev–Trinajstić information content (AvgIpc) is 2.85. The number of sulfonamides is 1. The lowest BCUT2D eigenvalue weighted by Gasteiger charge is -2.24. The first-order chi connectivity index (χ1) is 12.5. The number of aryl methyl sites for hydroxylation is 1. The highest BCUT2D eigenvalue weighted by atomic mass is 32.2. The van der Waals surface area contributed by atoms with E-state index < -0.39 is 10.0 Å². The molecular formula is C18H19N3O3S2. The van der Waals surface area contributed by atoms with E-state index in [1.54, 1.807) is 12.1 Å². The number of rotatable bonds is 4. The summed E-state index contributed by atoms with van der Waals surface area (Å²) in [5.74, 6) is 0. The summed E-state index contributed by atoms with van der Waals surface area (Å²) in [6, 6.07) is 14.0. The molecule has 0 fully saturated rings. The van der Waals surface area contributed by atoms with Crippen molar-refractivity contribution in [3.63, 3.8) is 0 Å². The highest BCUT2D eigenvalue weighted by Gasteiger charge is 2.27. The van der Waals surface area contributed by atoms with Gasteiger partial charge in [-0.25, -0.2) is 8.42 Å². The van der Waals surface area contributed by atoms with Gasteiger partial charge in [-0.15, -0.1) is 0 Å². The van der Waals surface area contributed by atoms with E-state index >= 15 is 0 Å². The number of carbonyl (C=O) groups excluding carboxylic acids is 1. The molecule has 0 radical (unpaired) electrons. The average molecular weight is 390 g/mol. The number of amides is 1. The summed E-state index contributed by atoms with van der Waals surface area (Å²) in [6.45, 7) is 0.465. The first-order valence-electron chi connectivity index (χ1n) is 8.24. The highest BCUT2D eigenvalue weighted by molar-refractivity contribution is 7.92. The highest BCUT2D eigenvalue weighted by Crippen LogP contribution is 2.31. The van der Waals surface area contributed by atoms with Crippen molar-refractivity contribution in [3.8, 4) is 0 Å². The molecule has 26 heavy (non-hydrogen) atoms. The van der Waals surface area contributed by atoms with Gasteiger partial charge in [0, 0.05) is 12.2 Å². The molecule has 2 aromatic carbocycles. The molecule has 1 amide bonds. The second-order valence-electron chi connectivity index (χ2n) is 5.90. The van der Waals surface area contributed by atoms with Gasteiger partial charge in [-0.3, -0.25) is 9.10 Å². The summed E-state index contributed by atoms with van der Waals surface area (Å²) in [5, 5.41) is 5.28. The minimum atomic E-state index is -3.65. The van der Waals surface area contributed by atoms with Crippen LogP contribution in [-0.4, -0.2) is 26.5 Å². The predicted octanol–water partition coefficient (Wildman–Crippen LogP) is 2.66. The number of fused-ring (bicyclic) bond motifs is 1. The Hall–Kier alpha value is -2.45. The van der Waals surface area contributed by atoms with Gasteiger partial charge in [0.2, 0.25) is 6.41 Å². The molecule has 0 saturated carbocycles. The van der Waals surface area contributed by atoms with Crippen molar-refractivity contribution < 1.29 is 13.2 Å². The minimum Gasteiger partial charge on any atom is -0.332 e. The summed E-state index contributed by atoms with van der Waals surface area (Å²) < 4.78 is 27.8. The molecule has 6 nitrogen and oxygen atoms in total. The van der Waals surface area contributed by atoms with E-state index in [2.05, 4.69) is 10.6 Å². The molecule has 0 saturated heterocycles. The molecule has 136 valence electrons. The number of benzene rings is 2. The van der Waals surface area contributed by atoms with Crippen LogP contribution in [0.5, 0.6) is 0 Å². The fourth-order valence-electron chi connectivity index (χ4n) is 2.96. The molecule has 0 bridgehead atoms. The molecule has 0 aliphatic carbocycles. The standard InChI is InChI=1S/C18H19N3O3S2/c22-13-19-18(25)20-15-8-10-16(11-9-15)26(23,24)21-12-4-3-6-14-5-1-2-7-17(14)21/h1-2,5,7-11,13H,3-4,6,12H2,(H2,19,20,22,25). The summed E-state index contributed by atoms with van der Waals surface area (Å²) in [7, 11) is -3.65. The lowest BCUT2D eigenvalue weighted by atomic mass is 10.1. The third-order valence-electron chi connectivity index (χ3n) is 4.21. The molecule has 1 aliphatic rings. The van der Waals surface area contributed by atoms with Crippen molar-refractivity contribution in [2.45, 2.75) is 24.2 Å². The maximum absolute atomic E-state index is 13.2. The molecule has 0 unspecified atom stereocenters.